The Morgan fingerprint density at radius 2 is 1.86 bits per heavy atom. The number of benzene rings is 2. The first kappa shape index (κ1) is 20.2. The van der Waals surface area contributed by atoms with E-state index >= 15 is 0 Å². The maximum Gasteiger partial charge on any atom is 0.284 e. The fourth-order valence-corrected chi connectivity index (χ4v) is 4.21. The molecule has 3 aromatic rings. The number of rotatable bonds is 7. The quantitative estimate of drug-likeness (QED) is 0.336. The largest absolute Gasteiger partial charge is 0.368 e. The Morgan fingerprint density at radius 1 is 1.14 bits per heavy atom. The van der Waals surface area contributed by atoms with E-state index in [-0.39, 0.29) is 4.90 Å². The standard InChI is InChI=1S/C20H22N4O2S2/c1-23(2)15-22-28(25,26)19-7-5-4-6-18(19)17-10-8-16(9-11-17)12-24-13-20(27-3)21-14-24/h4-11,13-15H,12H2,1-3H3. The van der Waals surface area contributed by atoms with Crippen molar-refractivity contribution >= 4 is 28.1 Å². The Bertz CT molecular complexity index is 1070. The van der Waals surface area contributed by atoms with Crippen LogP contribution in [-0.2, 0) is 16.6 Å². The van der Waals surface area contributed by atoms with E-state index in [1.54, 1.807) is 49.0 Å². The lowest BCUT2D eigenvalue weighted by Crippen LogP contribution is -2.10. The van der Waals surface area contributed by atoms with Crippen LogP contribution in [0.3, 0.4) is 0 Å². The molecule has 0 bridgehead atoms. The SMILES string of the molecule is CSc1cn(Cc2ccc(-c3ccccc3S(=O)(=O)N=CN(C)C)cc2)cn1. The molecule has 0 fully saturated rings. The third-order valence-corrected chi connectivity index (χ3v) is 5.94. The molecule has 0 saturated heterocycles. The van der Waals surface area contributed by atoms with Crippen molar-refractivity contribution in [2.75, 3.05) is 20.4 Å². The molecule has 1 aromatic heterocycles. The van der Waals surface area contributed by atoms with Crippen molar-refractivity contribution in [1.29, 1.82) is 0 Å². The maximum absolute atomic E-state index is 12.6. The van der Waals surface area contributed by atoms with Crippen molar-refractivity contribution in [2.24, 2.45) is 4.40 Å². The minimum atomic E-state index is -3.78. The van der Waals surface area contributed by atoms with Gasteiger partial charge in [0.15, 0.2) is 0 Å². The molecule has 0 N–H and O–H groups in total. The Hall–Kier alpha value is -2.58. The topological polar surface area (TPSA) is 67.6 Å². The number of thioether (sulfide) groups is 1. The van der Waals surface area contributed by atoms with E-state index in [0.29, 0.717) is 12.1 Å². The second kappa shape index (κ2) is 8.62. The van der Waals surface area contributed by atoms with Gasteiger partial charge in [-0.2, -0.15) is 8.42 Å². The van der Waals surface area contributed by atoms with E-state index in [0.717, 1.165) is 16.2 Å². The maximum atomic E-state index is 12.6. The van der Waals surface area contributed by atoms with Crippen LogP contribution in [-0.4, -0.2) is 49.6 Å². The predicted octanol–water partition coefficient (Wildman–Crippen LogP) is 3.60. The van der Waals surface area contributed by atoms with Gasteiger partial charge < -0.3 is 9.47 Å². The molecule has 0 aliphatic rings. The van der Waals surface area contributed by atoms with Crippen LogP contribution in [0.2, 0.25) is 0 Å². The number of aromatic nitrogens is 2. The van der Waals surface area contributed by atoms with Crippen LogP contribution in [0.4, 0.5) is 0 Å². The fraction of sp³-hybridized carbons (Fsp3) is 0.200. The first-order valence-electron chi connectivity index (χ1n) is 8.60. The zero-order valence-corrected chi connectivity index (χ0v) is 17.6. The molecule has 0 saturated carbocycles. The second-order valence-corrected chi connectivity index (χ2v) is 8.87. The summed E-state index contributed by atoms with van der Waals surface area (Å²) >= 11 is 1.61. The van der Waals surface area contributed by atoms with Gasteiger partial charge >= 0.3 is 0 Å². The average molecular weight is 415 g/mol. The number of hydrogen-bond donors (Lipinski definition) is 0. The third kappa shape index (κ3) is 4.82. The van der Waals surface area contributed by atoms with Gasteiger partial charge in [-0.25, -0.2) is 4.98 Å². The van der Waals surface area contributed by atoms with Gasteiger partial charge in [0.25, 0.3) is 10.0 Å². The molecule has 1 heterocycles. The van der Waals surface area contributed by atoms with E-state index in [4.69, 9.17) is 0 Å². The van der Waals surface area contributed by atoms with Gasteiger partial charge in [0.05, 0.1) is 11.2 Å². The molecule has 0 atom stereocenters. The molecule has 2 aromatic carbocycles. The lowest BCUT2D eigenvalue weighted by molar-refractivity contribution is 0.595. The van der Waals surface area contributed by atoms with Crippen molar-refractivity contribution in [3.05, 3.63) is 66.6 Å². The molecule has 0 radical (unpaired) electrons. The summed E-state index contributed by atoms with van der Waals surface area (Å²) < 4.78 is 31.0. The normalized spacial score (nSPS) is 11.8. The Labute approximate surface area is 170 Å². The minimum absolute atomic E-state index is 0.195. The highest BCUT2D eigenvalue weighted by atomic mass is 32.2. The molecule has 0 aliphatic carbocycles. The first-order chi connectivity index (χ1) is 13.4. The van der Waals surface area contributed by atoms with E-state index in [1.807, 2.05) is 53.7 Å². The average Bonchev–Trinajstić information content (AvgIpc) is 3.15. The van der Waals surface area contributed by atoms with E-state index < -0.39 is 10.0 Å². The summed E-state index contributed by atoms with van der Waals surface area (Å²) in [5, 5.41) is 0.981. The third-order valence-electron chi connectivity index (χ3n) is 4.03. The monoisotopic (exact) mass is 414 g/mol. The van der Waals surface area contributed by atoms with Gasteiger partial charge in [-0.3, -0.25) is 0 Å². The van der Waals surface area contributed by atoms with Gasteiger partial charge in [-0.15, -0.1) is 16.2 Å². The smallest absolute Gasteiger partial charge is 0.284 e. The van der Waals surface area contributed by atoms with Crippen molar-refractivity contribution in [3.8, 4) is 11.1 Å². The molecule has 0 spiro atoms. The summed E-state index contributed by atoms with van der Waals surface area (Å²) in [5.74, 6) is 0. The van der Waals surface area contributed by atoms with Gasteiger partial charge in [0.2, 0.25) is 0 Å². The lowest BCUT2D eigenvalue weighted by Gasteiger charge is -2.10. The van der Waals surface area contributed by atoms with E-state index in [1.165, 1.54) is 6.34 Å². The van der Waals surface area contributed by atoms with Crippen LogP contribution >= 0.6 is 11.8 Å². The molecule has 0 aliphatic heterocycles. The molecule has 8 heteroatoms. The molecule has 0 unspecified atom stereocenters. The summed E-state index contributed by atoms with van der Waals surface area (Å²) in [4.78, 5) is 6.09. The van der Waals surface area contributed by atoms with Crippen LogP contribution in [0.5, 0.6) is 0 Å². The fourth-order valence-electron chi connectivity index (χ4n) is 2.68. The molecule has 3 rings (SSSR count). The van der Waals surface area contributed by atoms with E-state index in [9.17, 15) is 8.42 Å². The summed E-state index contributed by atoms with van der Waals surface area (Å²) in [6.45, 7) is 0.709. The molecule has 28 heavy (non-hydrogen) atoms. The van der Waals surface area contributed by atoms with Crippen LogP contribution in [0.25, 0.3) is 11.1 Å². The van der Waals surface area contributed by atoms with Crippen LogP contribution in [0.15, 0.2) is 75.4 Å². The molecular formula is C20H22N4O2S2. The lowest BCUT2D eigenvalue weighted by atomic mass is 10.0. The zero-order valence-electron chi connectivity index (χ0n) is 16.0. The number of sulfonamides is 1. The summed E-state index contributed by atoms with van der Waals surface area (Å²) in [6, 6.07) is 14.8. The summed E-state index contributed by atoms with van der Waals surface area (Å²) in [5.41, 5.74) is 2.58. The van der Waals surface area contributed by atoms with Crippen molar-refractivity contribution < 1.29 is 8.42 Å². The van der Waals surface area contributed by atoms with Crippen LogP contribution in [0, 0.1) is 0 Å². The minimum Gasteiger partial charge on any atom is -0.368 e. The van der Waals surface area contributed by atoms with Crippen molar-refractivity contribution in [3.63, 3.8) is 0 Å². The molecule has 146 valence electrons. The highest BCUT2D eigenvalue weighted by Crippen LogP contribution is 2.28. The Balaban J connectivity index is 1.88. The predicted molar refractivity (Wildman–Crippen MR) is 114 cm³/mol. The van der Waals surface area contributed by atoms with Gasteiger partial charge in [0, 0.05) is 32.4 Å². The van der Waals surface area contributed by atoms with Gasteiger partial charge in [-0.05, 0) is 23.4 Å². The van der Waals surface area contributed by atoms with Crippen molar-refractivity contribution in [1.82, 2.24) is 14.5 Å². The summed E-state index contributed by atoms with van der Waals surface area (Å²) in [6.07, 6.45) is 7.10. The van der Waals surface area contributed by atoms with Crippen LogP contribution in [0.1, 0.15) is 5.56 Å². The summed E-state index contributed by atoms with van der Waals surface area (Å²) in [7, 11) is -0.323. The first-order valence-corrected chi connectivity index (χ1v) is 11.3. The molecule has 6 nitrogen and oxygen atoms in total. The van der Waals surface area contributed by atoms with Crippen LogP contribution < -0.4 is 0 Å². The number of imidazole rings is 1. The Morgan fingerprint density at radius 3 is 2.50 bits per heavy atom. The second-order valence-electron chi connectivity index (χ2n) is 6.44. The van der Waals surface area contributed by atoms with Crippen molar-refractivity contribution in [2.45, 2.75) is 16.5 Å². The highest BCUT2D eigenvalue weighted by molar-refractivity contribution is 7.98. The van der Waals surface area contributed by atoms with Gasteiger partial charge in [-0.1, -0.05) is 42.5 Å². The number of hydrogen-bond acceptors (Lipinski definition) is 4. The number of nitrogens with zero attached hydrogens (tertiary/aromatic N) is 4. The highest BCUT2D eigenvalue weighted by Gasteiger charge is 2.17. The Kier molecular flexibility index (Phi) is 6.21. The zero-order chi connectivity index (χ0) is 20.1. The van der Waals surface area contributed by atoms with E-state index in [2.05, 4.69) is 9.38 Å². The van der Waals surface area contributed by atoms with Gasteiger partial charge in [0.1, 0.15) is 11.4 Å². The molecular weight excluding hydrogens is 392 g/mol. The molecule has 0 amide bonds.